The second-order valence-corrected chi connectivity index (χ2v) is 11.0. The average molecular weight is 476 g/mol. The van der Waals surface area contributed by atoms with E-state index in [4.69, 9.17) is 4.74 Å². The lowest BCUT2D eigenvalue weighted by atomic mass is 10.0. The summed E-state index contributed by atoms with van der Waals surface area (Å²) in [5.74, 6) is 1.17. The molecule has 2 aromatic heterocycles. The van der Waals surface area contributed by atoms with Crippen LogP contribution in [0.15, 0.2) is 70.6 Å². The molecule has 0 saturated heterocycles. The molecule has 0 amide bonds. The third-order valence-electron chi connectivity index (χ3n) is 6.74. The van der Waals surface area contributed by atoms with Crippen LogP contribution < -0.4 is 14.6 Å². The zero-order chi connectivity index (χ0) is 23.4. The van der Waals surface area contributed by atoms with Crippen molar-refractivity contribution in [3.63, 3.8) is 0 Å². The molecular formula is C26H25N3O4S. The van der Waals surface area contributed by atoms with Gasteiger partial charge in [0.15, 0.2) is 0 Å². The van der Waals surface area contributed by atoms with Crippen molar-refractivity contribution in [1.82, 2.24) is 9.55 Å². The van der Waals surface area contributed by atoms with Gasteiger partial charge in [0.2, 0.25) is 0 Å². The lowest BCUT2D eigenvalue weighted by Gasteiger charge is -2.21. The van der Waals surface area contributed by atoms with E-state index in [0.29, 0.717) is 42.3 Å². The maximum absolute atomic E-state index is 13.7. The lowest BCUT2D eigenvalue weighted by Crippen LogP contribution is -2.29. The zero-order valence-corrected chi connectivity index (χ0v) is 19.6. The molecule has 3 heterocycles. The number of benzene rings is 2. The Hall–Kier alpha value is -3.52. The van der Waals surface area contributed by atoms with E-state index >= 15 is 0 Å². The molecule has 2 aromatic carbocycles. The number of hydrogen-bond acceptors (Lipinski definition) is 4. The fourth-order valence-corrected chi connectivity index (χ4v) is 6.20. The quantitative estimate of drug-likeness (QED) is 0.456. The SMILES string of the molecule is Cn1cc(-c2cc(S(=O)(=O)N3CCc4ccccc43)ccc2OCC2CC2)c2cc[nH]c2c1=O. The van der Waals surface area contributed by atoms with Crippen LogP contribution in [0.2, 0.25) is 0 Å². The highest BCUT2D eigenvalue weighted by atomic mass is 32.2. The number of fused-ring (bicyclic) bond motifs is 2. The molecule has 4 aromatic rings. The molecule has 0 spiro atoms. The van der Waals surface area contributed by atoms with Gasteiger partial charge in [-0.2, -0.15) is 0 Å². The van der Waals surface area contributed by atoms with Crippen molar-refractivity contribution < 1.29 is 13.2 Å². The molecule has 0 bridgehead atoms. The number of sulfonamides is 1. The monoisotopic (exact) mass is 475 g/mol. The van der Waals surface area contributed by atoms with Crippen LogP contribution in [0, 0.1) is 5.92 Å². The van der Waals surface area contributed by atoms with Crippen molar-refractivity contribution in [2.45, 2.75) is 24.2 Å². The molecule has 1 saturated carbocycles. The van der Waals surface area contributed by atoms with Crippen LogP contribution in [0.3, 0.4) is 0 Å². The maximum Gasteiger partial charge on any atom is 0.274 e. The van der Waals surface area contributed by atoms with Gasteiger partial charge in [-0.05, 0) is 61.1 Å². The predicted molar refractivity (Wildman–Crippen MR) is 132 cm³/mol. The molecule has 6 rings (SSSR count). The zero-order valence-electron chi connectivity index (χ0n) is 18.8. The first-order valence-corrected chi connectivity index (χ1v) is 12.9. The number of aryl methyl sites for hydroxylation is 1. The van der Waals surface area contributed by atoms with Crippen LogP contribution in [0.5, 0.6) is 5.75 Å². The summed E-state index contributed by atoms with van der Waals surface area (Å²) in [4.78, 5) is 15.8. The molecule has 0 atom stereocenters. The Morgan fingerprint density at radius 3 is 2.74 bits per heavy atom. The van der Waals surface area contributed by atoms with E-state index in [9.17, 15) is 13.2 Å². The van der Waals surface area contributed by atoms with E-state index in [1.54, 1.807) is 37.6 Å². The Morgan fingerprint density at radius 1 is 1.09 bits per heavy atom. The lowest BCUT2D eigenvalue weighted by molar-refractivity contribution is 0.301. The standard InChI is InChI=1S/C26H25N3O4S/c1-28-15-22(20-10-12-27-25(20)26(28)30)21-14-19(8-9-24(21)33-16-17-6-7-17)34(31,32)29-13-11-18-4-2-3-5-23(18)29/h2-5,8-10,12,14-15,17,27H,6-7,11,13,16H2,1H3. The molecule has 1 fully saturated rings. The summed E-state index contributed by atoms with van der Waals surface area (Å²) in [5.41, 5.74) is 3.52. The van der Waals surface area contributed by atoms with Gasteiger partial charge in [-0.1, -0.05) is 18.2 Å². The van der Waals surface area contributed by atoms with Crippen molar-refractivity contribution in [3.05, 3.63) is 76.8 Å². The molecule has 1 aliphatic carbocycles. The summed E-state index contributed by atoms with van der Waals surface area (Å²) in [5, 5.41) is 0.737. The first kappa shape index (κ1) is 21.0. The van der Waals surface area contributed by atoms with Gasteiger partial charge in [-0.15, -0.1) is 0 Å². The van der Waals surface area contributed by atoms with Crippen molar-refractivity contribution in [2.24, 2.45) is 13.0 Å². The highest BCUT2D eigenvalue weighted by Gasteiger charge is 2.32. The summed E-state index contributed by atoms with van der Waals surface area (Å²) in [6.07, 6.45) is 6.47. The summed E-state index contributed by atoms with van der Waals surface area (Å²) >= 11 is 0. The van der Waals surface area contributed by atoms with Gasteiger partial charge >= 0.3 is 0 Å². The number of para-hydroxylation sites is 1. The second-order valence-electron chi connectivity index (χ2n) is 9.09. The molecule has 7 nitrogen and oxygen atoms in total. The van der Waals surface area contributed by atoms with Crippen LogP contribution >= 0.6 is 0 Å². The molecule has 0 unspecified atom stereocenters. The number of hydrogen-bond donors (Lipinski definition) is 1. The first-order chi connectivity index (χ1) is 16.4. The predicted octanol–water partition coefficient (Wildman–Crippen LogP) is 4.07. The van der Waals surface area contributed by atoms with Crippen molar-refractivity contribution in [1.29, 1.82) is 0 Å². The molecule has 0 radical (unpaired) electrons. The van der Waals surface area contributed by atoms with E-state index in [1.165, 1.54) is 8.87 Å². The third kappa shape index (κ3) is 3.40. The normalized spacial score (nSPS) is 15.6. The van der Waals surface area contributed by atoms with Crippen molar-refractivity contribution in [3.8, 4) is 16.9 Å². The minimum atomic E-state index is -3.78. The third-order valence-corrected chi connectivity index (χ3v) is 8.55. The van der Waals surface area contributed by atoms with Gasteiger partial charge < -0.3 is 14.3 Å². The van der Waals surface area contributed by atoms with Gasteiger partial charge in [0.05, 0.1) is 17.2 Å². The molecular weight excluding hydrogens is 450 g/mol. The van der Waals surface area contributed by atoms with Crippen LogP contribution in [0.1, 0.15) is 18.4 Å². The first-order valence-electron chi connectivity index (χ1n) is 11.5. The Labute approximate surface area is 197 Å². The van der Waals surface area contributed by atoms with E-state index in [1.807, 2.05) is 30.3 Å². The smallest absolute Gasteiger partial charge is 0.274 e. The number of ether oxygens (including phenoxy) is 1. The number of aromatic nitrogens is 2. The highest BCUT2D eigenvalue weighted by Crippen LogP contribution is 2.39. The number of rotatable bonds is 6. The summed E-state index contributed by atoms with van der Waals surface area (Å²) in [6, 6.07) is 14.5. The minimum absolute atomic E-state index is 0.137. The number of nitrogens with zero attached hydrogens (tertiary/aromatic N) is 2. The maximum atomic E-state index is 13.7. The number of nitrogens with one attached hydrogen (secondary N) is 1. The molecule has 1 aliphatic heterocycles. The molecule has 1 N–H and O–H groups in total. The number of anilines is 1. The molecule has 174 valence electrons. The Kier molecular flexibility index (Phi) is 4.81. The fraction of sp³-hybridized carbons (Fsp3) is 0.269. The molecule has 8 heteroatoms. The second kappa shape index (κ2) is 7.77. The number of aromatic amines is 1. The van der Waals surface area contributed by atoms with Crippen molar-refractivity contribution in [2.75, 3.05) is 17.5 Å². The van der Waals surface area contributed by atoms with Gasteiger partial charge in [-0.25, -0.2) is 8.42 Å². The van der Waals surface area contributed by atoms with E-state index < -0.39 is 10.0 Å². The summed E-state index contributed by atoms with van der Waals surface area (Å²) < 4.78 is 36.6. The summed E-state index contributed by atoms with van der Waals surface area (Å²) in [7, 11) is -2.08. The highest BCUT2D eigenvalue weighted by molar-refractivity contribution is 7.92. The van der Waals surface area contributed by atoms with Gasteiger partial charge in [0.1, 0.15) is 11.3 Å². The Morgan fingerprint density at radius 2 is 1.91 bits per heavy atom. The fourth-order valence-electron chi connectivity index (χ4n) is 4.67. The van der Waals surface area contributed by atoms with Crippen LogP contribution in [0.25, 0.3) is 22.0 Å². The summed E-state index contributed by atoms with van der Waals surface area (Å²) in [6.45, 7) is 1.01. The van der Waals surface area contributed by atoms with E-state index in [0.717, 1.165) is 35.0 Å². The van der Waals surface area contributed by atoms with Gasteiger partial charge in [0.25, 0.3) is 15.6 Å². The number of H-pyrrole nitrogens is 1. The van der Waals surface area contributed by atoms with E-state index in [-0.39, 0.29) is 10.5 Å². The van der Waals surface area contributed by atoms with Crippen LogP contribution in [-0.4, -0.2) is 31.1 Å². The van der Waals surface area contributed by atoms with Gasteiger partial charge in [0, 0.05) is 42.5 Å². The minimum Gasteiger partial charge on any atom is -0.493 e. The van der Waals surface area contributed by atoms with Crippen LogP contribution in [-0.2, 0) is 23.5 Å². The molecule has 2 aliphatic rings. The number of pyridine rings is 1. The topological polar surface area (TPSA) is 84.4 Å². The Balaban J connectivity index is 1.51. The Bertz CT molecular complexity index is 1580. The molecule has 34 heavy (non-hydrogen) atoms. The largest absolute Gasteiger partial charge is 0.493 e. The van der Waals surface area contributed by atoms with Crippen molar-refractivity contribution >= 4 is 26.6 Å². The van der Waals surface area contributed by atoms with E-state index in [2.05, 4.69) is 4.98 Å². The van der Waals surface area contributed by atoms with Crippen LogP contribution in [0.4, 0.5) is 5.69 Å². The average Bonchev–Trinajstić information content (AvgIpc) is 3.35. The van der Waals surface area contributed by atoms with Gasteiger partial charge in [-0.3, -0.25) is 9.10 Å².